The third kappa shape index (κ3) is 5.95. The largest absolute Gasteiger partial charge is 0.349 e. The zero-order chi connectivity index (χ0) is 23.4. The molecule has 0 bridgehead atoms. The Hall–Kier alpha value is -3.19. The summed E-state index contributed by atoms with van der Waals surface area (Å²) < 4.78 is 41.1. The molecule has 0 aliphatic heterocycles. The van der Waals surface area contributed by atoms with Crippen molar-refractivity contribution in [2.75, 3.05) is 10.8 Å². The summed E-state index contributed by atoms with van der Waals surface area (Å²) >= 11 is 0. The standard InChI is InChI=1S/C25H27FN2O3S/c1-19-9-13-22(14-10-19)28(32(30,31)23-15-11-21(26)12-16-23)18-24(29)27-25(2,3)17-20-7-5-4-6-8-20/h4-16H,17-18H2,1-3H3,(H,27,29). The average Bonchev–Trinajstić information content (AvgIpc) is 2.73. The average molecular weight is 455 g/mol. The van der Waals surface area contributed by atoms with Gasteiger partial charge in [-0.05, 0) is 69.2 Å². The van der Waals surface area contributed by atoms with E-state index < -0.39 is 33.8 Å². The molecule has 7 heteroatoms. The van der Waals surface area contributed by atoms with E-state index in [2.05, 4.69) is 5.32 Å². The Kier molecular flexibility index (Phi) is 6.99. The van der Waals surface area contributed by atoms with E-state index in [-0.39, 0.29) is 4.90 Å². The Balaban J connectivity index is 1.86. The molecule has 0 spiro atoms. The third-order valence-electron chi connectivity index (χ3n) is 4.98. The number of amides is 1. The summed E-state index contributed by atoms with van der Waals surface area (Å²) in [5.74, 6) is -0.969. The zero-order valence-corrected chi connectivity index (χ0v) is 19.2. The molecule has 32 heavy (non-hydrogen) atoms. The monoisotopic (exact) mass is 454 g/mol. The van der Waals surface area contributed by atoms with E-state index in [1.807, 2.05) is 51.1 Å². The minimum absolute atomic E-state index is 0.0872. The van der Waals surface area contributed by atoms with Gasteiger partial charge in [-0.2, -0.15) is 0 Å². The van der Waals surface area contributed by atoms with Crippen LogP contribution in [0, 0.1) is 12.7 Å². The van der Waals surface area contributed by atoms with E-state index in [1.165, 1.54) is 12.1 Å². The number of anilines is 1. The molecule has 1 N–H and O–H groups in total. The van der Waals surface area contributed by atoms with E-state index in [0.29, 0.717) is 12.1 Å². The molecule has 0 aliphatic rings. The van der Waals surface area contributed by atoms with Gasteiger partial charge < -0.3 is 5.32 Å². The molecule has 3 aromatic rings. The van der Waals surface area contributed by atoms with Gasteiger partial charge in [0.05, 0.1) is 10.6 Å². The molecule has 3 aromatic carbocycles. The lowest BCUT2D eigenvalue weighted by Gasteiger charge is -2.29. The molecular formula is C25H27FN2O3S. The smallest absolute Gasteiger partial charge is 0.264 e. The Morgan fingerprint density at radius 1 is 0.938 bits per heavy atom. The van der Waals surface area contributed by atoms with Crippen molar-refractivity contribution >= 4 is 21.6 Å². The van der Waals surface area contributed by atoms with Gasteiger partial charge in [-0.3, -0.25) is 9.10 Å². The summed E-state index contributed by atoms with van der Waals surface area (Å²) in [4.78, 5) is 12.9. The summed E-state index contributed by atoms with van der Waals surface area (Å²) in [6.07, 6.45) is 0.592. The fourth-order valence-corrected chi connectivity index (χ4v) is 4.88. The van der Waals surface area contributed by atoms with Gasteiger partial charge >= 0.3 is 0 Å². The molecule has 5 nitrogen and oxygen atoms in total. The lowest BCUT2D eigenvalue weighted by atomic mass is 9.95. The molecule has 0 atom stereocenters. The highest BCUT2D eigenvalue weighted by Gasteiger charge is 2.29. The van der Waals surface area contributed by atoms with Crippen LogP contribution in [-0.4, -0.2) is 26.4 Å². The van der Waals surface area contributed by atoms with Crippen molar-refractivity contribution in [2.24, 2.45) is 0 Å². The van der Waals surface area contributed by atoms with E-state index in [1.54, 1.807) is 24.3 Å². The van der Waals surface area contributed by atoms with Crippen molar-refractivity contribution < 1.29 is 17.6 Å². The maximum absolute atomic E-state index is 13.3. The van der Waals surface area contributed by atoms with Gasteiger partial charge in [-0.25, -0.2) is 12.8 Å². The first-order valence-corrected chi connectivity index (χ1v) is 11.7. The summed E-state index contributed by atoms with van der Waals surface area (Å²) in [5, 5.41) is 2.94. The number of halogens is 1. The molecule has 0 radical (unpaired) electrons. The maximum Gasteiger partial charge on any atom is 0.264 e. The van der Waals surface area contributed by atoms with Gasteiger partial charge in [0.2, 0.25) is 5.91 Å². The van der Waals surface area contributed by atoms with Crippen LogP contribution in [0.5, 0.6) is 0 Å². The van der Waals surface area contributed by atoms with Gasteiger partial charge in [-0.1, -0.05) is 48.0 Å². The Bertz CT molecular complexity index is 1160. The van der Waals surface area contributed by atoms with Crippen molar-refractivity contribution in [3.05, 3.63) is 95.8 Å². The van der Waals surface area contributed by atoms with Crippen molar-refractivity contribution in [1.29, 1.82) is 0 Å². The van der Waals surface area contributed by atoms with Crippen molar-refractivity contribution in [3.8, 4) is 0 Å². The SMILES string of the molecule is Cc1ccc(N(CC(=O)NC(C)(C)Cc2ccccc2)S(=O)(=O)c2ccc(F)cc2)cc1. The predicted molar refractivity (Wildman–Crippen MR) is 124 cm³/mol. The first kappa shape index (κ1) is 23.5. The molecule has 0 unspecified atom stereocenters. The summed E-state index contributed by atoms with van der Waals surface area (Å²) in [6, 6.07) is 21.2. The zero-order valence-electron chi connectivity index (χ0n) is 18.4. The molecule has 168 valence electrons. The normalized spacial score (nSPS) is 11.8. The highest BCUT2D eigenvalue weighted by atomic mass is 32.2. The van der Waals surface area contributed by atoms with Crippen LogP contribution in [0.4, 0.5) is 10.1 Å². The number of hydrogen-bond donors (Lipinski definition) is 1. The van der Waals surface area contributed by atoms with Crippen LogP contribution in [-0.2, 0) is 21.2 Å². The summed E-state index contributed by atoms with van der Waals surface area (Å²) in [7, 11) is -4.09. The van der Waals surface area contributed by atoms with Gasteiger partial charge in [0.15, 0.2) is 0 Å². The van der Waals surface area contributed by atoms with Gasteiger partial charge in [-0.15, -0.1) is 0 Å². The third-order valence-corrected chi connectivity index (χ3v) is 6.77. The second-order valence-corrected chi connectivity index (χ2v) is 10.3. The number of carbonyl (C=O) groups excluding carboxylic acids is 1. The highest BCUT2D eigenvalue weighted by Crippen LogP contribution is 2.24. The minimum Gasteiger partial charge on any atom is -0.349 e. The van der Waals surface area contributed by atoms with Gasteiger partial charge in [0.25, 0.3) is 10.0 Å². The fraction of sp³-hybridized carbons (Fsp3) is 0.240. The van der Waals surface area contributed by atoms with Crippen molar-refractivity contribution in [2.45, 2.75) is 37.6 Å². The van der Waals surface area contributed by atoms with Crippen LogP contribution in [0.25, 0.3) is 0 Å². The molecule has 0 fully saturated rings. The van der Waals surface area contributed by atoms with E-state index in [9.17, 15) is 17.6 Å². The number of sulfonamides is 1. The first-order valence-electron chi connectivity index (χ1n) is 10.3. The minimum atomic E-state index is -4.09. The van der Waals surface area contributed by atoms with Crippen LogP contribution >= 0.6 is 0 Å². The van der Waals surface area contributed by atoms with Crippen molar-refractivity contribution in [1.82, 2.24) is 5.32 Å². The number of nitrogens with zero attached hydrogens (tertiary/aromatic N) is 1. The lowest BCUT2D eigenvalue weighted by Crippen LogP contribution is -2.50. The topological polar surface area (TPSA) is 66.5 Å². The molecule has 3 rings (SSSR count). The summed E-state index contributed by atoms with van der Waals surface area (Å²) in [5.41, 5.74) is 1.79. The van der Waals surface area contributed by atoms with Crippen molar-refractivity contribution in [3.63, 3.8) is 0 Å². The maximum atomic E-state index is 13.3. The second kappa shape index (κ2) is 9.53. The molecule has 1 amide bonds. The molecule has 0 heterocycles. The number of aryl methyl sites for hydroxylation is 1. The number of nitrogens with one attached hydrogen (secondary N) is 1. The molecule has 0 saturated heterocycles. The summed E-state index contributed by atoms with van der Waals surface area (Å²) in [6.45, 7) is 5.27. The number of benzene rings is 3. The first-order chi connectivity index (χ1) is 15.1. The Labute approximate surface area is 188 Å². The van der Waals surface area contributed by atoms with Crippen LogP contribution in [0.2, 0.25) is 0 Å². The molecule has 0 saturated carbocycles. The second-order valence-electron chi connectivity index (χ2n) is 8.40. The van der Waals surface area contributed by atoms with E-state index in [0.717, 1.165) is 27.6 Å². The highest BCUT2D eigenvalue weighted by molar-refractivity contribution is 7.92. The number of carbonyl (C=O) groups is 1. The van der Waals surface area contributed by atoms with Gasteiger partial charge in [0, 0.05) is 5.54 Å². The Morgan fingerprint density at radius 2 is 1.53 bits per heavy atom. The van der Waals surface area contributed by atoms with E-state index >= 15 is 0 Å². The van der Waals surface area contributed by atoms with Crippen LogP contribution in [0.1, 0.15) is 25.0 Å². The number of rotatable bonds is 8. The quantitative estimate of drug-likeness (QED) is 0.546. The predicted octanol–water partition coefficient (Wildman–Crippen LogP) is 4.47. The molecule has 0 aliphatic carbocycles. The lowest BCUT2D eigenvalue weighted by molar-refractivity contribution is -0.121. The van der Waals surface area contributed by atoms with Crippen LogP contribution in [0.15, 0.2) is 83.8 Å². The van der Waals surface area contributed by atoms with Crippen LogP contribution in [0.3, 0.4) is 0 Å². The fourth-order valence-electron chi connectivity index (χ4n) is 3.46. The van der Waals surface area contributed by atoms with E-state index in [4.69, 9.17) is 0 Å². The van der Waals surface area contributed by atoms with Crippen LogP contribution < -0.4 is 9.62 Å². The van der Waals surface area contributed by atoms with Gasteiger partial charge in [0.1, 0.15) is 12.4 Å². The Morgan fingerprint density at radius 3 is 2.12 bits per heavy atom. The number of hydrogen-bond acceptors (Lipinski definition) is 3. The molecular weight excluding hydrogens is 427 g/mol. The molecule has 0 aromatic heterocycles.